The van der Waals surface area contributed by atoms with Crippen LogP contribution < -0.4 is 20.3 Å². The maximum atomic E-state index is 12.3. The molecule has 1 aromatic rings. The van der Waals surface area contributed by atoms with Crippen molar-refractivity contribution >= 4 is 41.5 Å². The van der Waals surface area contributed by atoms with E-state index in [1.807, 2.05) is 29.2 Å². The molecule has 7 nitrogen and oxygen atoms in total. The highest BCUT2D eigenvalue weighted by Gasteiger charge is 2.27. The predicted octanol–water partition coefficient (Wildman–Crippen LogP) is 3.24. The minimum atomic E-state index is 0. The Morgan fingerprint density at radius 1 is 1.22 bits per heavy atom. The average Bonchev–Trinajstić information content (AvgIpc) is 3.45. The van der Waals surface area contributed by atoms with Gasteiger partial charge in [0.2, 0.25) is 0 Å². The Bertz CT molecular complexity index is 769. The minimum absolute atomic E-state index is 0. The van der Waals surface area contributed by atoms with Crippen LogP contribution in [0.3, 0.4) is 0 Å². The number of benzene rings is 1. The number of hydrogen-bond acceptors (Lipinski definition) is 4. The molecule has 178 valence electrons. The van der Waals surface area contributed by atoms with E-state index in [2.05, 4.69) is 22.5 Å². The number of nitrogens with one attached hydrogen (secondary N) is 2. The Morgan fingerprint density at radius 3 is 2.84 bits per heavy atom. The lowest BCUT2D eigenvalue weighted by atomic mass is 10.1. The molecule has 0 radical (unpaired) electrons. The normalized spacial score (nSPS) is 21.8. The largest absolute Gasteiger partial charge is 0.482 e. The van der Waals surface area contributed by atoms with E-state index in [-0.39, 0.29) is 36.5 Å². The first-order valence-corrected chi connectivity index (χ1v) is 12.0. The van der Waals surface area contributed by atoms with Gasteiger partial charge in [0.25, 0.3) is 5.91 Å². The number of anilines is 1. The third kappa shape index (κ3) is 6.73. The van der Waals surface area contributed by atoms with E-state index in [1.54, 1.807) is 0 Å². The number of aliphatic imine (C=N–C) groups is 1. The van der Waals surface area contributed by atoms with Crippen molar-refractivity contribution < 1.29 is 9.53 Å². The number of guanidine groups is 1. The number of hydrogen-bond donors (Lipinski definition) is 2. The van der Waals surface area contributed by atoms with Gasteiger partial charge in [-0.15, -0.1) is 24.0 Å². The molecule has 1 atom stereocenters. The number of carbonyl (C=O) groups excluding carboxylic acids is 1. The molecule has 2 N–H and O–H groups in total. The van der Waals surface area contributed by atoms with Crippen molar-refractivity contribution in [2.24, 2.45) is 10.9 Å². The van der Waals surface area contributed by atoms with Gasteiger partial charge in [0.05, 0.1) is 5.69 Å². The lowest BCUT2D eigenvalue weighted by Gasteiger charge is -2.29. The Kier molecular flexibility index (Phi) is 9.90. The van der Waals surface area contributed by atoms with Crippen molar-refractivity contribution in [3.8, 4) is 5.75 Å². The summed E-state index contributed by atoms with van der Waals surface area (Å²) in [6.45, 7) is 7.96. The van der Waals surface area contributed by atoms with Gasteiger partial charge in [-0.25, -0.2) is 0 Å². The maximum absolute atomic E-state index is 12.3. The summed E-state index contributed by atoms with van der Waals surface area (Å²) in [6, 6.07) is 8.20. The van der Waals surface area contributed by atoms with E-state index in [0.29, 0.717) is 19.1 Å². The van der Waals surface area contributed by atoms with Crippen LogP contribution >= 0.6 is 24.0 Å². The maximum Gasteiger partial charge on any atom is 0.265 e. The molecule has 4 rings (SSSR count). The number of carbonyl (C=O) groups is 1. The standard InChI is InChI=1S/C24H37N5O2.HI/c1-2-25-24(27-20-12-15-28(17-20)16-19-8-3-4-9-19)26-13-7-14-29-21-10-5-6-11-22(21)31-18-23(29)30;/h5-6,10-11,19-20H,2-4,7-9,12-18H2,1H3,(H2,25,26,27);1H. The van der Waals surface area contributed by atoms with Crippen molar-refractivity contribution in [3.05, 3.63) is 24.3 Å². The highest BCUT2D eigenvalue weighted by atomic mass is 127. The number of amides is 1. The summed E-state index contributed by atoms with van der Waals surface area (Å²) < 4.78 is 5.52. The third-order valence-corrected chi connectivity index (χ3v) is 6.57. The van der Waals surface area contributed by atoms with Crippen LogP contribution in [-0.2, 0) is 4.79 Å². The zero-order chi connectivity index (χ0) is 21.5. The van der Waals surface area contributed by atoms with E-state index in [0.717, 1.165) is 42.8 Å². The van der Waals surface area contributed by atoms with Gasteiger partial charge < -0.3 is 25.2 Å². The first-order chi connectivity index (χ1) is 15.2. The molecule has 2 heterocycles. The molecule has 3 aliphatic rings. The van der Waals surface area contributed by atoms with Crippen LogP contribution in [0.1, 0.15) is 45.4 Å². The van der Waals surface area contributed by atoms with Gasteiger partial charge >= 0.3 is 0 Å². The molecule has 2 fully saturated rings. The Morgan fingerprint density at radius 2 is 2.03 bits per heavy atom. The Labute approximate surface area is 209 Å². The summed E-state index contributed by atoms with van der Waals surface area (Å²) in [5.74, 6) is 2.60. The van der Waals surface area contributed by atoms with Gasteiger partial charge in [0, 0.05) is 45.3 Å². The summed E-state index contributed by atoms with van der Waals surface area (Å²) >= 11 is 0. The number of likely N-dealkylation sites (tertiary alicyclic amines) is 1. The Balaban J connectivity index is 0.00000289. The highest BCUT2D eigenvalue weighted by molar-refractivity contribution is 14.0. The van der Waals surface area contributed by atoms with Crippen LogP contribution in [0.4, 0.5) is 5.69 Å². The second kappa shape index (κ2) is 12.6. The minimum Gasteiger partial charge on any atom is -0.482 e. The van der Waals surface area contributed by atoms with Crippen LogP contribution in [-0.4, -0.2) is 68.7 Å². The molecule has 1 unspecified atom stereocenters. The van der Waals surface area contributed by atoms with Crippen molar-refractivity contribution in [1.82, 2.24) is 15.5 Å². The fourth-order valence-corrected chi connectivity index (χ4v) is 5.01. The van der Waals surface area contributed by atoms with Crippen molar-refractivity contribution in [1.29, 1.82) is 0 Å². The molecule has 32 heavy (non-hydrogen) atoms. The molecule has 2 aliphatic heterocycles. The molecular formula is C24H38IN5O2. The first-order valence-electron chi connectivity index (χ1n) is 12.0. The van der Waals surface area contributed by atoms with Crippen LogP contribution in [0.5, 0.6) is 5.75 Å². The second-order valence-corrected chi connectivity index (χ2v) is 8.96. The topological polar surface area (TPSA) is 69.2 Å². The smallest absolute Gasteiger partial charge is 0.265 e. The third-order valence-electron chi connectivity index (χ3n) is 6.57. The first kappa shape index (κ1) is 25.1. The van der Waals surface area contributed by atoms with Crippen LogP contribution in [0.25, 0.3) is 0 Å². The predicted molar refractivity (Wildman–Crippen MR) is 140 cm³/mol. The molecule has 1 saturated heterocycles. The molecule has 1 aromatic carbocycles. The highest BCUT2D eigenvalue weighted by Crippen LogP contribution is 2.31. The Hall–Kier alpha value is -1.55. The zero-order valence-corrected chi connectivity index (χ0v) is 21.6. The van der Waals surface area contributed by atoms with E-state index < -0.39 is 0 Å². The zero-order valence-electron chi connectivity index (χ0n) is 19.2. The molecule has 1 saturated carbocycles. The molecule has 0 bridgehead atoms. The second-order valence-electron chi connectivity index (χ2n) is 8.96. The van der Waals surface area contributed by atoms with Crippen LogP contribution in [0, 0.1) is 5.92 Å². The number of para-hydroxylation sites is 2. The summed E-state index contributed by atoms with van der Waals surface area (Å²) in [5, 5.41) is 7.01. The fraction of sp³-hybridized carbons (Fsp3) is 0.667. The van der Waals surface area contributed by atoms with E-state index >= 15 is 0 Å². The van der Waals surface area contributed by atoms with Crippen molar-refractivity contribution in [2.75, 3.05) is 50.8 Å². The fourth-order valence-electron chi connectivity index (χ4n) is 5.01. The molecular weight excluding hydrogens is 517 g/mol. The molecule has 0 aromatic heterocycles. The van der Waals surface area contributed by atoms with Crippen molar-refractivity contribution in [2.45, 2.75) is 51.5 Å². The molecule has 1 aliphatic carbocycles. The van der Waals surface area contributed by atoms with Crippen molar-refractivity contribution in [3.63, 3.8) is 0 Å². The summed E-state index contributed by atoms with van der Waals surface area (Å²) in [6.07, 6.45) is 7.65. The van der Waals surface area contributed by atoms with Crippen LogP contribution in [0.2, 0.25) is 0 Å². The van der Waals surface area contributed by atoms with Gasteiger partial charge in [-0.3, -0.25) is 9.79 Å². The average molecular weight is 556 g/mol. The lowest BCUT2D eigenvalue weighted by Crippen LogP contribution is -2.45. The van der Waals surface area contributed by atoms with E-state index in [1.165, 1.54) is 45.2 Å². The number of nitrogens with zero attached hydrogens (tertiary/aromatic N) is 3. The molecule has 1 amide bonds. The van der Waals surface area contributed by atoms with Gasteiger partial charge in [0.1, 0.15) is 5.75 Å². The number of rotatable bonds is 8. The van der Waals surface area contributed by atoms with Gasteiger partial charge in [-0.1, -0.05) is 25.0 Å². The quantitative estimate of drug-likeness (QED) is 0.223. The SMILES string of the molecule is CCNC(=NCCCN1C(=O)COc2ccccc21)NC1CCN(CC2CCCC2)C1.I. The molecule has 8 heteroatoms. The van der Waals surface area contributed by atoms with Gasteiger partial charge in [-0.2, -0.15) is 0 Å². The van der Waals surface area contributed by atoms with Gasteiger partial charge in [-0.05, 0) is 50.7 Å². The van der Waals surface area contributed by atoms with Crippen LogP contribution in [0.15, 0.2) is 29.3 Å². The summed E-state index contributed by atoms with van der Waals surface area (Å²) in [4.78, 5) is 21.5. The number of fused-ring (bicyclic) bond motifs is 1. The number of ether oxygens (including phenoxy) is 1. The summed E-state index contributed by atoms with van der Waals surface area (Å²) in [7, 11) is 0. The number of halogens is 1. The van der Waals surface area contributed by atoms with E-state index in [9.17, 15) is 4.79 Å². The molecule has 0 spiro atoms. The monoisotopic (exact) mass is 555 g/mol. The van der Waals surface area contributed by atoms with E-state index in [4.69, 9.17) is 9.73 Å². The lowest BCUT2D eigenvalue weighted by molar-refractivity contribution is -0.121. The summed E-state index contributed by atoms with van der Waals surface area (Å²) in [5.41, 5.74) is 0.862. The van der Waals surface area contributed by atoms with Gasteiger partial charge in [0.15, 0.2) is 12.6 Å².